The highest BCUT2D eigenvalue weighted by Crippen LogP contribution is 2.33. The fourth-order valence-electron chi connectivity index (χ4n) is 2.87. The molecular weight excluding hydrogens is 228 g/mol. The van der Waals surface area contributed by atoms with Crippen molar-refractivity contribution in [2.45, 2.75) is 39.2 Å². The van der Waals surface area contributed by atoms with Gasteiger partial charge in [-0.25, -0.2) is 0 Å². The molecule has 3 heteroatoms. The summed E-state index contributed by atoms with van der Waals surface area (Å²) < 4.78 is 0. The lowest BCUT2D eigenvalue weighted by Gasteiger charge is -2.38. The van der Waals surface area contributed by atoms with E-state index in [1.807, 2.05) is 11.3 Å². The Bertz CT molecular complexity index is 297. The third-order valence-corrected chi connectivity index (χ3v) is 4.70. The summed E-state index contributed by atoms with van der Waals surface area (Å²) in [5.41, 5.74) is 0.553. The Hall–Kier alpha value is -0.380. The molecule has 1 aliphatic rings. The summed E-state index contributed by atoms with van der Waals surface area (Å²) in [6, 6.07) is 4.35. The largest absolute Gasteiger partial charge is 0.317 e. The molecule has 0 aliphatic carbocycles. The first-order valence-electron chi connectivity index (χ1n) is 6.78. The van der Waals surface area contributed by atoms with E-state index in [-0.39, 0.29) is 0 Å². The third-order valence-electron chi connectivity index (χ3n) is 3.82. The summed E-state index contributed by atoms with van der Waals surface area (Å²) in [6.07, 6.45) is 5.34. The first kappa shape index (κ1) is 13.1. The van der Waals surface area contributed by atoms with E-state index < -0.39 is 0 Å². The second-order valence-corrected chi connectivity index (χ2v) is 6.22. The standard InChI is InChI=1S/C14H24N2S/c1-2-5-14(6-8-15-9-7-14)12-16-11-13-4-3-10-17-13/h3-4,10,15-16H,2,5-9,11-12H2,1H3. The SMILES string of the molecule is CCCC1(CNCc2cccs2)CCNCC1. The van der Waals surface area contributed by atoms with Gasteiger partial charge in [-0.05, 0) is 49.2 Å². The quantitative estimate of drug-likeness (QED) is 0.813. The summed E-state index contributed by atoms with van der Waals surface area (Å²) in [4.78, 5) is 1.45. The molecular formula is C14H24N2S. The highest BCUT2D eigenvalue weighted by Gasteiger charge is 2.30. The lowest BCUT2D eigenvalue weighted by atomic mass is 9.75. The van der Waals surface area contributed by atoms with Gasteiger partial charge in [0.15, 0.2) is 0 Å². The van der Waals surface area contributed by atoms with Crippen LogP contribution in [0.2, 0.25) is 0 Å². The van der Waals surface area contributed by atoms with Crippen LogP contribution in [0.15, 0.2) is 17.5 Å². The second-order valence-electron chi connectivity index (χ2n) is 5.18. The van der Waals surface area contributed by atoms with E-state index in [1.165, 1.54) is 50.2 Å². The van der Waals surface area contributed by atoms with Gasteiger partial charge in [-0.2, -0.15) is 0 Å². The molecule has 2 rings (SSSR count). The maximum Gasteiger partial charge on any atom is 0.0299 e. The van der Waals surface area contributed by atoms with Gasteiger partial charge in [-0.15, -0.1) is 11.3 Å². The predicted molar refractivity (Wildman–Crippen MR) is 75.5 cm³/mol. The van der Waals surface area contributed by atoms with Crippen molar-refractivity contribution in [3.8, 4) is 0 Å². The number of thiophene rings is 1. The molecule has 0 amide bonds. The van der Waals surface area contributed by atoms with Crippen LogP contribution in [-0.2, 0) is 6.54 Å². The fraction of sp³-hybridized carbons (Fsp3) is 0.714. The smallest absolute Gasteiger partial charge is 0.0299 e. The summed E-state index contributed by atoms with van der Waals surface area (Å²) in [5, 5.41) is 9.30. The van der Waals surface area contributed by atoms with Crippen LogP contribution < -0.4 is 10.6 Å². The average Bonchev–Trinajstić information content (AvgIpc) is 2.84. The van der Waals surface area contributed by atoms with E-state index in [1.54, 1.807) is 0 Å². The first-order valence-corrected chi connectivity index (χ1v) is 7.66. The van der Waals surface area contributed by atoms with Gasteiger partial charge in [-0.3, -0.25) is 0 Å². The molecule has 0 radical (unpaired) electrons. The zero-order valence-electron chi connectivity index (χ0n) is 10.8. The molecule has 2 nitrogen and oxygen atoms in total. The fourth-order valence-corrected chi connectivity index (χ4v) is 3.54. The molecule has 0 saturated carbocycles. The molecule has 1 aromatic rings. The maximum absolute atomic E-state index is 3.67. The van der Waals surface area contributed by atoms with E-state index in [0.29, 0.717) is 5.41 Å². The number of hydrogen-bond acceptors (Lipinski definition) is 3. The Morgan fingerprint density at radius 3 is 2.88 bits per heavy atom. The van der Waals surface area contributed by atoms with Gasteiger partial charge < -0.3 is 10.6 Å². The van der Waals surface area contributed by atoms with Crippen LogP contribution in [0.25, 0.3) is 0 Å². The van der Waals surface area contributed by atoms with Gasteiger partial charge in [0.25, 0.3) is 0 Å². The molecule has 0 spiro atoms. The molecule has 0 aromatic carbocycles. The van der Waals surface area contributed by atoms with Crippen molar-refractivity contribution in [2.75, 3.05) is 19.6 Å². The summed E-state index contributed by atoms with van der Waals surface area (Å²) >= 11 is 1.85. The van der Waals surface area contributed by atoms with Crippen molar-refractivity contribution in [3.63, 3.8) is 0 Å². The number of nitrogens with one attached hydrogen (secondary N) is 2. The molecule has 2 N–H and O–H groups in total. The Balaban J connectivity index is 1.80. The predicted octanol–water partition coefficient (Wildman–Crippen LogP) is 3.01. The van der Waals surface area contributed by atoms with E-state index in [9.17, 15) is 0 Å². The molecule has 0 unspecified atom stereocenters. The van der Waals surface area contributed by atoms with Crippen LogP contribution in [0.1, 0.15) is 37.5 Å². The van der Waals surface area contributed by atoms with E-state index in [4.69, 9.17) is 0 Å². The second kappa shape index (κ2) is 6.53. The van der Waals surface area contributed by atoms with E-state index in [0.717, 1.165) is 6.54 Å². The monoisotopic (exact) mass is 252 g/mol. The lowest BCUT2D eigenvalue weighted by Crippen LogP contribution is -2.43. The number of rotatable bonds is 6. The topological polar surface area (TPSA) is 24.1 Å². The number of hydrogen-bond donors (Lipinski definition) is 2. The molecule has 2 heterocycles. The molecule has 0 bridgehead atoms. The van der Waals surface area contributed by atoms with E-state index >= 15 is 0 Å². The minimum absolute atomic E-state index is 0.553. The van der Waals surface area contributed by atoms with Crippen LogP contribution in [0.3, 0.4) is 0 Å². The Kier molecular flexibility index (Phi) is 5.01. The molecule has 0 atom stereocenters. The van der Waals surface area contributed by atoms with Gasteiger partial charge in [0.1, 0.15) is 0 Å². The van der Waals surface area contributed by atoms with Crippen LogP contribution in [0.5, 0.6) is 0 Å². The normalized spacial score (nSPS) is 19.4. The maximum atomic E-state index is 3.67. The van der Waals surface area contributed by atoms with Crippen molar-refractivity contribution in [1.29, 1.82) is 0 Å². The van der Waals surface area contributed by atoms with Crippen LogP contribution in [0.4, 0.5) is 0 Å². The van der Waals surface area contributed by atoms with E-state index in [2.05, 4.69) is 35.1 Å². The Labute approximate surface area is 109 Å². The third kappa shape index (κ3) is 3.80. The van der Waals surface area contributed by atoms with Crippen molar-refractivity contribution >= 4 is 11.3 Å². The summed E-state index contributed by atoms with van der Waals surface area (Å²) in [6.45, 7) is 6.92. The van der Waals surface area contributed by atoms with Crippen molar-refractivity contribution in [3.05, 3.63) is 22.4 Å². The minimum atomic E-state index is 0.553. The highest BCUT2D eigenvalue weighted by molar-refractivity contribution is 7.09. The van der Waals surface area contributed by atoms with Gasteiger partial charge in [0.05, 0.1) is 0 Å². The van der Waals surface area contributed by atoms with Gasteiger partial charge >= 0.3 is 0 Å². The van der Waals surface area contributed by atoms with Crippen molar-refractivity contribution in [1.82, 2.24) is 10.6 Å². The Morgan fingerprint density at radius 1 is 1.41 bits per heavy atom. The molecule has 96 valence electrons. The van der Waals surface area contributed by atoms with Gasteiger partial charge in [-0.1, -0.05) is 19.4 Å². The van der Waals surface area contributed by atoms with Crippen LogP contribution in [0, 0.1) is 5.41 Å². The van der Waals surface area contributed by atoms with Crippen molar-refractivity contribution < 1.29 is 0 Å². The summed E-state index contributed by atoms with van der Waals surface area (Å²) in [7, 11) is 0. The number of piperidine rings is 1. The summed E-state index contributed by atoms with van der Waals surface area (Å²) in [5.74, 6) is 0. The van der Waals surface area contributed by atoms with Gasteiger partial charge in [0, 0.05) is 18.0 Å². The zero-order chi connectivity index (χ0) is 12.0. The molecule has 1 aliphatic heterocycles. The zero-order valence-corrected chi connectivity index (χ0v) is 11.6. The van der Waals surface area contributed by atoms with Crippen molar-refractivity contribution in [2.24, 2.45) is 5.41 Å². The van der Waals surface area contributed by atoms with Crippen LogP contribution >= 0.6 is 11.3 Å². The molecule has 1 saturated heterocycles. The highest BCUT2D eigenvalue weighted by atomic mass is 32.1. The molecule has 17 heavy (non-hydrogen) atoms. The van der Waals surface area contributed by atoms with Crippen LogP contribution in [-0.4, -0.2) is 19.6 Å². The Morgan fingerprint density at radius 2 is 2.24 bits per heavy atom. The molecule has 1 fully saturated rings. The average molecular weight is 252 g/mol. The minimum Gasteiger partial charge on any atom is -0.317 e. The molecule has 1 aromatic heterocycles. The van der Waals surface area contributed by atoms with Gasteiger partial charge in [0.2, 0.25) is 0 Å². The first-order chi connectivity index (χ1) is 8.35. The lowest BCUT2D eigenvalue weighted by molar-refractivity contribution is 0.176.